The lowest BCUT2D eigenvalue weighted by Gasteiger charge is -2.26. The lowest BCUT2D eigenvalue weighted by atomic mass is 10.0. The topological polar surface area (TPSA) is 82.3 Å². The molecule has 1 aliphatic heterocycles. The summed E-state index contributed by atoms with van der Waals surface area (Å²) in [6.45, 7) is 4.00. The van der Waals surface area contributed by atoms with E-state index in [9.17, 15) is 19.0 Å². The number of aliphatic hydroxyl groups is 3. The van der Waals surface area contributed by atoms with Crippen LogP contribution >= 0.6 is 0 Å². The first kappa shape index (κ1) is 21.4. The van der Waals surface area contributed by atoms with Crippen LogP contribution in [0.1, 0.15) is 32.3 Å². The van der Waals surface area contributed by atoms with E-state index < -0.39 is 24.9 Å². The van der Waals surface area contributed by atoms with Crippen molar-refractivity contribution in [3.05, 3.63) is 35.9 Å². The van der Waals surface area contributed by atoms with Gasteiger partial charge in [0.05, 0.1) is 6.04 Å². The maximum Gasteiger partial charge on any atom is 0.264 e. The second kappa shape index (κ2) is 11.9. The Hall–Kier alpha value is -1.57. The number of alkyl halides is 2. The van der Waals surface area contributed by atoms with Crippen LogP contribution in [0.15, 0.2) is 35.3 Å². The highest BCUT2D eigenvalue weighted by atomic mass is 19.3. The van der Waals surface area contributed by atoms with Gasteiger partial charge in [-0.05, 0) is 12.1 Å². The fourth-order valence-electron chi connectivity index (χ4n) is 1.91. The Bertz CT molecular complexity index is 443. The van der Waals surface area contributed by atoms with Crippen LogP contribution in [-0.4, -0.2) is 53.2 Å². The molecule has 1 heterocycles. The lowest BCUT2D eigenvalue weighted by Crippen LogP contribution is -2.33. The quantitative estimate of drug-likeness (QED) is 0.789. The van der Waals surface area contributed by atoms with E-state index in [0.717, 1.165) is 7.11 Å². The third-order valence-electron chi connectivity index (χ3n) is 2.85. The first-order valence-electron chi connectivity index (χ1n) is 7.45. The van der Waals surface area contributed by atoms with E-state index >= 15 is 0 Å². The Balaban J connectivity index is 0.00000112. The van der Waals surface area contributed by atoms with Crippen molar-refractivity contribution < 1.29 is 28.8 Å². The van der Waals surface area contributed by atoms with E-state index in [1.54, 1.807) is 24.3 Å². The van der Waals surface area contributed by atoms with Crippen molar-refractivity contribution in [1.29, 1.82) is 0 Å². The molecule has 1 aromatic carbocycles. The smallest absolute Gasteiger partial charge is 0.264 e. The first-order valence-corrected chi connectivity index (χ1v) is 7.45. The molecule has 0 aromatic heterocycles. The molecule has 2 rings (SSSR count). The summed E-state index contributed by atoms with van der Waals surface area (Å²) in [7, 11) is 1.00. The third kappa shape index (κ3) is 7.49. The normalized spacial score (nSPS) is 21.0. The molecule has 0 bridgehead atoms. The van der Waals surface area contributed by atoms with E-state index in [4.69, 9.17) is 9.84 Å². The molecule has 1 aromatic rings. The molecule has 0 fully saturated rings. The van der Waals surface area contributed by atoms with Gasteiger partial charge in [-0.15, -0.1) is 0 Å². The van der Waals surface area contributed by atoms with Crippen molar-refractivity contribution in [1.82, 2.24) is 0 Å². The summed E-state index contributed by atoms with van der Waals surface area (Å²) in [5.41, 5.74) is 0.665. The number of benzene rings is 1. The van der Waals surface area contributed by atoms with Gasteiger partial charge in [-0.2, -0.15) is 0 Å². The molecule has 7 heteroatoms. The molecule has 0 saturated carbocycles. The summed E-state index contributed by atoms with van der Waals surface area (Å²) >= 11 is 0. The molecule has 23 heavy (non-hydrogen) atoms. The van der Waals surface area contributed by atoms with Gasteiger partial charge in [-0.25, -0.2) is 13.8 Å². The van der Waals surface area contributed by atoms with E-state index in [0.29, 0.717) is 5.56 Å². The molecule has 3 N–H and O–H groups in total. The Kier molecular flexibility index (Phi) is 11.1. The number of aliphatic imine (C=N–C) groups is 1. The molecule has 0 spiro atoms. The molecule has 0 saturated heterocycles. The van der Waals surface area contributed by atoms with Crippen molar-refractivity contribution in [3.8, 4) is 0 Å². The second-order valence-corrected chi connectivity index (χ2v) is 4.40. The van der Waals surface area contributed by atoms with Crippen LogP contribution in [0.5, 0.6) is 0 Å². The maximum atomic E-state index is 12.3. The molecule has 3 unspecified atom stereocenters. The monoisotopic (exact) mass is 333 g/mol. The molecule has 3 atom stereocenters. The summed E-state index contributed by atoms with van der Waals surface area (Å²) < 4.78 is 29.8. The van der Waals surface area contributed by atoms with Gasteiger partial charge in [0, 0.05) is 25.5 Å². The van der Waals surface area contributed by atoms with Gasteiger partial charge >= 0.3 is 0 Å². The summed E-state index contributed by atoms with van der Waals surface area (Å²) in [4.78, 5) is 4.17. The number of rotatable bonds is 4. The van der Waals surface area contributed by atoms with Crippen LogP contribution < -0.4 is 0 Å². The Morgan fingerprint density at radius 3 is 2.30 bits per heavy atom. The van der Waals surface area contributed by atoms with Crippen LogP contribution in [0, 0.1) is 0 Å². The summed E-state index contributed by atoms with van der Waals surface area (Å²) in [5, 5.41) is 25.8. The van der Waals surface area contributed by atoms with Crippen molar-refractivity contribution in [2.24, 2.45) is 4.99 Å². The zero-order valence-corrected chi connectivity index (χ0v) is 13.6. The zero-order chi connectivity index (χ0) is 17.8. The standard InChI is InChI=1S/C13H15F2NO3.C2H6.CH4O/c14-12(15)10(17)6-9-7-11(18)19-13(16-9)8-4-2-1-3-5-8;2*1-2/h1-5,9-12,17-18H,6-7H2;1-2H3;2H,1H3. The van der Waals surface area contributed by atoms with Crippen LogP contribution in [-0.2, 0) is 4.74 Å². The molecular formula is C16H25F2NO4. The summed E-state index contributed by atoms with van der Waals surface area (Å²) in [5.74, 6) is 0.214. The number of hydrogen-bond acceptors (Lipinski definition) is 5. The van der Waals surface area contributed by atoms with Gasteiger partial charge < -0.3 is 20.1 Å². The van der Waals surface area contributed by atoms with Crippen LogP contribution in [0.4, 0.5) is 8.78 Å². The maximum absolute atomic E-state index is 12.3. The predicted octanol–water partition coefficient (Wildman–Crippen LogP) is 2.19. The number of hydrogen-bond donors (Lipinski definition) is 3. The molecule has 0 radical (unpaired) electrons. The van der Waals surface area contributed by atoms with Crippen LogP contribution in [0.25, 0.3) is 0 Å². The molecular weight excluding hydrogens is 308 g/mol. The zero-order valence-electron chi connectivity index (χ0n) is 13.6. The Labute approximate surface area is 135 Å². The lowest BCUT2D eigenvalue weighted by molar-refractivity contribution is -0.0578. The molecule has 0 amide bonds. The summed E-state index contributed by atoms with van der Waals surface area (Å²) in [6.07, 6.45) is -5.75. The van der Waals surface area contributed by atoms with Gasteiger partial charge in [-0.3, -0.25) is 0 Å². The van der Waals surface area contributed by atoms with Crippen LogP contribution in [0.2, 0.25) is 0 Å². The van der Waals surface area contributed by atoms with E-state index in [-0.39, 0.29) is 18.7 Å². The van der Waals surface area contributed by atoms with Crippen molar-refractivity contribution >= 4 is 5.90 Å². The van der Waals surface area contributed by atoms with E-state index in [1.165, 1.54) is 0 Å². The number of halogens is 2. The molecule has 1 aliphatic rings. The van der Waals surface area contributed by atoms with E-state index in [2.05, 4.69) is 4.99 Å². The largest absolute Gasteiger partial charge is 0.448 e. The number of aliphatic hydroxyl groups excluding tert-OH is 3. The van der Waals surface area contributed by atoms with Gasteiger partial charge in [0.15, 0.2) is 0 Å². The number of ether oxygens (including phenoxy) is 1. The second-order valence-electron chi connectivity index (χ2n) is 4.40. The molecule has 5 nitrogen and oxygen atoms in total. The third-order valence-corrected chi connectivity index (χ3v) is 2.85. The minimum Gasteiger partial charge on any atom is -0.448 e. The number of nitrogens with zero attached hydrogens (tertiary/aromatic N) is 1. The van der Waals surface area contributed by atoms with Crippen molar-refractivity contribution in [3.63, 3.8) is 0 Å². The van der Waals surface area contributed by atoms with E-state index in [1.807, 2.05) is 19.9 Å². The SMILES string of the molecule is CC.CO.OC1CC(CC(O)C(F)F)N=C(c2ccccc2)O1. The first-order chi connectivity index (χ1) is 11.1. The highest BCUT2D eigenvalue weighted by molar-refractivity contribution is 5.94. The minimum absolute atomic E-state index is 0.0973. The average molecular weight is 333 g/mol. The average Bonchev–Trinajstić information content (AvgIpc) is 2.58. The van der Waals surface area contributed by atoms with Crippen LogP contribution in [0.3, 0.4) is 0 Å². The Morgan fingerprint density at radius 1 is 1.22 bits per heavy atom. The molecule has 132 valence electrons. The fourth-order valence-corrected chi connectivity index (χ4v) is 1.91. The van der Waals surface area contributed by atoms with Crippen molar-refractivity contribution in [2.75, 3.05) is 7.11 Å². The van der Waals surface area contributed by atoms with Gasteiger partial charge in [-0.1, -0.05) is 32.0 Å². The van der Waals surface area contributed by atoms with Gasteiger partial charge in [0.25, 0.3) is 6.43 Å². The van der Waals surface area contributed by atoms with Gasteiger partial charge in [0.2, 0.25) is 12.2 Å². The van der Waals surface area contributed by atoms with Gasteiger partial charge in [0.1, 0.15) is 6.10 Å². The van der Waals surface area contributed by atoms with Crippen molar-refractivity contribution in [2.45, 2.75) is 51.6 Å². The minimum atomic E-state index is -2.81. The Morgan fingerprint density at radius 2 is 1.78 bits per heavy atom. The highest BCUT2D eigenvalue weighted by Crippen LogP contribution is 2.21. The predicted molar refractivity (Wildman–Crippen MR) is 84.6 cm³/mol. The molecule has 0 aliphatic carbocycles. The highest BCUT2D eigenvalue weighted by Gasteiger charge is 2.28. The fraction of sp³-hybridized carbons (Fsp3) is 0.562. The summed E-state index contributed by atoms with van der Waals surface area (Å²) in [6, 6.07) is 8.30.